The monoisotopic (exact) mass is 249 g/mol. The minimum absolute atomic E-state index is 0.490. The molecule has 1 unspecified atom stereocenters. The van der Waals surface area contributed by atoms with Crippen molar-refractivity contribution in [1.82, 2.24) is 4.98 Å². The summed E-state index contributed by atoms with van der Waals surface area (Å²) < 4.78 is 5.21. The number of ether oxygens (including phenoxy) is 1. The summed E-state index contributed by atoms with van der Waals surface area (Å²) in [4.78, 5) is 6.97. The van der Waals surface area contributed by atoms with Crippen LogP contribution in [0.15, 0.2) is 18.2 Å². The number of methoxy groups -OCH3 is 1. The first-order valence-electron chi connectivity index (χ1n) is 6.68. The molecule has 4 nitrogen and oxygen atoms in total. The summed E-state index contributed by atoms with van der Waals surface area (Å²) in [6, 6.07) is 6.60. The first-order valence-corrected chi connectivity index (χ1v) is 6.68. The molecule has 0 spiro atoms. The maximum absolute atomic E-state index is 5.66. The van der Waals surface area contributed by atoms with Crippen molar-refractivity contribution in [3.05, 3.63) is 23.9 Å². The number of pyridine rings is 1. The van der Waals surface area contributed by atoms with Crippen LogP contribution in [0.2, 0.25) is 0 Å². The fourth-order valence-corrected chi connectivity index (χ4v) is 2.29. The largest absolute Gasteiger partial charge is 0.383 e. The van der Waals surface area contributed by atoms with Crippen LogP contribution < -0.4 is 10.6 Å². The van der Waals surface area contributed by atoms with Gasteiger partial charge in [0.2, 0.25) is 0 Å². The highest BCUT2D eigenvalue weighted by molar-refractivity contribution is 5.41. The quantitative estimate of drug-likeness (QED) is 0.800. The smallest absolute Gasteiger partial charge is 0.129 e. The summed E-state index contributed by atoms with van der Waals surface area (Å²) in [7, 11) is 1.74. The van der Waals surface area contributed by atoms with Gasteiger partial charge in [-0.1, -0.05) is 6.07 Å². The Morgan fingerprint density at radius 2 is 2.28 bits per heavy atom. The third kappa shape index (κ3) is 3.21. The number of anilines is 1. The topological polar surface area (TPSA) is 51.4 Å². The van der Waals surface area contributed by atoms with Crippen molar-refractivity contribution in [2.24, 2.45) is 11.7 Å². The molecule has 1 saturated carbocycles. The molecule has 2 N–H and O–H groups in total. The van der Waals surface area contributed by atoms with Gasteiger partial charge >= 0.3 is 0 Å². The Kier molecular flexibility index (Phi) is 4.55. The van der Waals surface area contributed by atoms with Crippen LogP contribution in [0.4, 0.5) is 5.82 Å². The van der Waals surface area contributed by atoms with Gasteiger partial charge < -0.3 is 15.4 Å². The summed E-state index contributed by atoms with van der Waals surface area (Å²) in [5.74, 6) is 1.83. The van der Waals surface area contributed by atoms with E-state index < -0.39 is 0 Å². The van der Waals surface area contributed by atoms with E-state index in [1.165, 1.54) is 12.8 Å². The van der Waals surface area contributed by atoms with Crippen LogP contribution in [-0.2, 0) is 11.3 Å². The lowest BCUT2D eigenvalue weighted by molar-refractivity contribution is 0.202. The summed E-state index contributed by atoms with van der Waals surface area (Å²) in [6.07, 6.45) is 2.67. The third-order valence-electron chi connectivity index (χ3n) is 3.63. The van der Waals surface area contributed by atoms with Gasteiger partial charge in [0.05, 0.1) is 12.3 Å². The lowest BCUT2D eigenvalue weighted by atomic mass is 10.1. The van der Waals surface area contributed by atoms with E-state index in [4.69, 9.17) is 10.5 Å². The summed E-state index contributed by atoms with van der Waals surface area (Å²) in [6.45, 7) is 4.38. The minimum atomic E-state index is 0.490. The standard InChI is InChI=1S/C14H23N3O/c1-11(12-6-7-12)17(8-9-18-2)14-5-3-4-13(10-15)16-14/h3-5,11-12H,6-10,15H2,1-2H3. The molecule has 0 aromatic carbocycles. The Morgan fingerprint density at radius 1 is 1.50 bits per heavy atom. The highest BCUT2D eigenvalue weighted by Gasteiger charge is 2.32. The lowest BCUT2D eigenvalue weighted by Crippen LogP contribution is -2.38. The van der Waals surface area contributed by atoms with Gasteiger partial charge in [-0.25, -0.2) is 4.98 Å². The Morgan fingerprint density at radius 3 is 2.89 bits per heavy atom. The van der Waals surface area contributed by atoms with E-state index in [1.54, 1.807) is 7.11 Å². The van der Waals surface area contributed by atoms with E-state index in [-0.39, 0.29) is 0 Å². The van der Waals surface area contributed by atoms with Crippen LogP contribution in [0.25, 0.3) is 0 Å². The van der Waals surface area contributed by atoms with E-state index in [2.05, 4.69) is 22.9 Å². The van der Waals surface area contributed by atoms with Crippen molar-refractivity contribution >= 4 is 5.82 Å². The SMILES string of the molecule is COCCN(c1cccc(CN)n1)C(C)C1CC1. The summed E-state index contributed by atoms with van der Waals surface area (Å²) >= 11 is 0. The van der Waals surface area contributed by atoms with E-state index in [9.17, 15) is 0 Å². The minimum Gasteiger partial charge on any atom is -0.383 e. The van der Waals surface area contributed by atoms with Crippen LogP contribution in [0.5, 0.6) is 0 Å². The summed E-state index contributed by atoms with van der Waals surface area (Å²) in [5.41, 5.74) is 6.60. The van der Waals surface area contributed by atoms with Gasteiger partial charge in [0, 0.05) is 26.2 Å². The number of nitrogens with two attached hydrogens (primary N) is 1. The Balaban J connectivity index is 2.14. The molecule has 1 aromatic rings. The molecule has 18 heavy (non-hydrogen) atoms. The molecule has 1 heterocycles. The maximum Gasteiger partial charge on any atom is 0.129 e. The molecule has 100 valence electrons. The number of hydrogen-bond donors (Lipinski definition) is 1. The predicted molar refractivity (Wildman–Crippen MR) is 73.5 cm³/mol. The Hall–Kier alpha value is -1.13. The van der Waals surface area contributed by atoms with Crippen molar-refractivity contribution in [2.45, 2.75) is 32.4 Å². The second-order valence-corrected chi connectivity index (χ2v) is 4.96. The first kappa shape index (κ1) is 13.3. The second-order valence-electron chi connectivity index (χ2n) is 4.96. The molecule has 1 aliphatic carbocycles. The van der Waals surface area contributed by atoms with Gasteiger partial charge in [-0.05, 0) is 37.8 Å². The van der Waals surface area contributed by atoms with E-state index in [1.807, 2.05) is 12.1 Å². The molecule has 4 heteroatoms. The molecule has 0 amide bonds. The van der Waals surface area contributed by atoms with E-state index in [0.717, 1.165) is 30.6 Å². The maximum atomic E-state index is 5.66. The molecule has 2 rings (SSSR count). The lowest BCUT2D eigenvalue weighted by Gasteiger charge is -2.30. The number of aromatic nitrogens is 1. The van der Waals surface area contributed by atoms with Gasteiger partial charge in [0.15, 0.2) is 0 Å². The van der Waals surface area contributed by atoms with Gasteiger partial charge in [0.1, 0.15) is 5.82 Å². The van der Waals surface area contributed by atoms with Crippen molar-refractivity contribution in [1.29, 1.82) is 0 Å². The Labute approximate surface area is 109 Å². The molecule has 0 saturated heterocycles. The molecular weight excluding hydrogens is 226 g/mol. The average Bonchev–Trinajstić information content (AvgIpc) is 3.23. The average molecular weight is 249 g/mol. The fourth-order valence-electron chi connectivity index (χ4n) is 2.29. The van der Waals surface area contributed by atoms with Crippen molar-refractivity contribution < 1.29 is 4.74 Å². The van der Waals surface area contributed by atoms with Crippen molar-refractivity contribution in [3.8, 4) is 0 Å². The zero-order valence-corrected chi connectivity index (χ0v) is 11.3. The number of hydrogen-bond acceptors (Lipinski definition) is 4. The van der Waals surface area contributed by atoms with Crippen molar-refractivity contribution in [3.63, 3.8) is 0 Å². The third-order valence-corrected chi connectivity index (χ3v) is 3.63. The van der Waals surface area contributed by atoms with Crippen molar-refractivity contribution in [2.75, 3.05) is 25.2 Å². The molecular formula is C14H23N3O. The van der Waals surface area contributed by atoms with Crippen LogP contribution >= 0.6 is 0 Å². The van der Waals surface area contributed by atoms with E-state index in [0.29, 0.717) is 12.6 Å². The van der Waals surface area contributed by atoms with Crippen LogP contribution in [0, 0.1) is 5.92 Å². The fraction of sp³-hybridized carbons (Fsp3) is 0.643. The molecule has 0 radical (unpaired) electrons. The van der Waals surface area contributed by atoms with Crippen LogP contribution in [0.3, 0.4) is 0 Å². The highest BCUT2D eigenvalue weighted by atomic mass is 16.5. The zero-order valence-electron chi connectivity index (χ0n) is 11.3. The first-order chi connectivity index (χ1) is 8.76. The van der Waals surface area contributed by atoms with Crippen LogP contribution in [-0.4, -0.2) is 31.3 Å². The molecule has 0 aliphatic heterocycles. The molecule has 1 fully saturated rings. The number of rotatable bonds is 7. The van der Waals surface area contributed by atoms with Crippen LogP contribution in [0.1, 0.15) is 25.5 Å². The van der Waals surface area contributed by atoms with Gasteiger partial charge in [0.25, 0.3) is 0 Å². The van der Waals surface area contributed by atoms with Gasteiger partial charge in [-0.15, -0.1) is 0 Å². The molecule has 1 aromatic heterocycles. The molecule has 1 aliphatic rings. The zero-order chi connectivity index (χ0) is 13.0. The normalized spacial score (nSPS) is 16.6. The van der Waals surface area contributed by atoms with Gasteiger partial charge in [-0.3, -0.25) is 0 Å². The number of nitrogens with zero attached hydrogens (tertiary/aromatic N) is 2. The highest BCUT2D eigenvalue weighted by Crippen LogP contribution is 2.36. The second kappa shape index (κ2) is 6.16. The Bertz CT molecular complexity index is 379. The van der Waals surface area contributed by atoms with E-state index >= 15 is 0 Å². The molecule has 1 atom stereocenters. The van der Waals surface area contributed by atoms with Gasteiger partial charge in [-0.2, -0.15) is 0 Å². The summed E-state index contributed by atoms with van der Waals surface area (Å²) in [5, 5.41) is 0. The molecule has 0 bridgehead atoms. The predicted octanol–water partition coefficient (Wildman–Crippen LogP) is 1.79.